The van der Waals surface area contributed by atoms with Gasteiger partial charge in [0.1, 0.15) is 5.60 Å². The summed E-state index contributed by atoms with van der Waals surface area (Å²) < 4.78 is 11.5. The van der Waals surface area contributed by atoms with Gasteiger partial charge in [0.2, 0.25) is 5.60 Å². The average Bonchev–Trinajstić information content (AvgIpc) is 2.87. The van der Waals surface area contributed by atoms with E-state index in [0.29, 0.717) is 0 Å². The Morgan fingerprint density at radius 1 is 1.19 bits per heavy atom. The van der Waals surface area contributed by atoms with Crippen molar-refractivity contribution >= 4 is 17.4 Å². The van der Waals surface area contributed by atoms with Crippen molar-refractivity contribution in [3.63, 3.8) is 0 Å². The number of anilines is 1. The Morgan fingerprint density at radius 2 is 1.78 bits per heavy atom. The van der Waals surface area contributed by atoms with Crippen LogP contribution < -0.4 is 4.90 Å². The molecule has 1 aromatic carbocycles. The lowest BCUT2D eigenvalue weighted by Crippen LogP contribution is -2.71. The second-order valence-electron chi connectivity index (χ2n) is 9.42. The van der Waals surface area contributed by atoms with Crippen LogP contribution in [0.15, 0.2) is 24.3 Å². The molecule has 1 saturated carbocycles. The Balaban J connectivity index is 2.24. The lowest BCUT2D eigenvalue weighted by molar-refractivity contribution is -0.196. The molecular weight excluding hydrogens is 342 g/mol. The molecule has 0 amide bonds. The Kier molecular flexibility index (Phi) is 4.46. The van der Waals surface area contributed by atoms with Crippen LogP contribution in [0.2, 0.25) is 0 Å². The van der Waals surface area contributed by atoms with Crippen molar-refractivity contribution in [1.82, 2.24) is 0 Å². The quantitative estimate of drug-likeness (QED) is 0.586. The molecule has 1 aliphatic heterocycles. The predicted octanol–water partition coefficient (Wildman–Crippen LogP) is 3.56. The molecule has 2 aliphatic rings. The topological polar surface area (TPSA) is 55.8 Å². The van der Waals surface area contributed by atoms with Crippen molar-refractivity contribution in [3.05, 3.63) is 29.8 Å². The Bertz CT molecular complexity index is 779. The van der Waals surface area contributed by atoms with E-state index in [4.69, 9.17) is 9.47 Å². The van der Waals surface area contributed by atoms with Crippen LogP contribution in [0, 0.1) is 11.3 Å². The molecule has 5 nitrogen and oxygen atoms in total. The van der Waals surface area contributed by atoms with Gasteiger partial charge >= 0.3 is 5.97 Å². The zero-order chi connectivity index (χ0) is 20.4. The normalized spacial score (nSPS) is 32.1. The second kappa shape index (κ2) is 6.06. The zero-order valence-corrected chi connectivity index (χ0v) is 17.6. The fourth-order valence-corrected chi connectivity index (χ4v) is 4.85. The number of nitrogens with zero attached hydrogens (tertiary/aromatic N) is 1. The number of esters is 1. The van der Waals surface area contributed by atoms with Gasteiger partial charge in [-0.3, -0.25) is 4.79 Å². The third-order valence-corrected chi connectivity index (χ3v) is 6.47. The number of hydrogen-bond acceptors (Lipinski definition) is 5. The summed E-state index contributed by atoms with van der Waals surface area (Å²) in [7, 11) is 3.38. The van der Waals surface area contributed by atoms with E-state index in [1.165, 1.54) is 7.11 Å². The van der Waals surface area contributed by atoms with E-state index in [9.17, 15) is 9.59 Å². The van der Waals surface area contributed by atoms with E-state index in [0.717, 1.165) is 11.3 Å². The van der Waals surface area contributed by atoms with Gasteiger partial charge in [-0.2, -0.15) is 0 Å². The van der Waals surface area contributed by atoms with E-state index in [1.807, 2.05) is 44.0 Å². The summed E-state index contributed by atoms with van der Waals surface area (Å²) in [6.45, 7) is 11.3. The largest absolute Gasteiger partial charge is 0.457 e. The van der Waals surface area contributed by atoms with E-state index < -0.39 is 28.6 Å². The van der Waals surface area contributed by atoms with Crippen molar-refractivity contribution in [2.24, 2.45) is 11.3 Å². The SMILES string of the molecule is CO[C@@]1(C(=O)OC(C)(C)C)C(=O)C(C)(C)C(C)[C@H]2c3ccccc3N(C)[C@H]21. The molecule has 0 spiro atoms. The number of ketones is 1. The summed E-state index contributed by atoms with van der Waals surface area (Å²) in [5.41, 5.74) is -0.915. The highest BCUT2D eigenvalue weighted by molar-refractivity contribution is 6.12. The van der Waals surface area contributed by atoms with Crippen molar-refractivity contribution in [2.75, 3.05) is 19.1 Å². The van der Waals surface area contributed by atoms with Crippen molar-refractivity contribution in [2.45, 2.75) is 64.7 Å². The third-order valence-electron chi connectivity index (χ3n) is 6.47. The van der Waals surface area contributed by atoms with Gasteiger partial charge in [0.15, 0.2) is 5.78 Å². The first kappa shape index (κ1) is 19.9. The first-order valence-corrected chi connectivity index (χ1v) is 9.55. The van der Waals surface area contributed by atoms with Crippen molar-refractivity contribution in [3.8, 4) is 0 Å². The maximum absolute atomic E-state index is 13.7. The lowest BCUT2D eigenvalue weighted by atomic mass is 9.55. The molecule has 27 heavy (non-hydrogen) atoms. The summed E-state index contributed by atoms with van der Waals surface area (Å²) in [6, 6.07) is 7.67. The number of carbonyl (C=O) groups is 2. The number of methoxy groups -OCH3 is 1. The van der Waals surface area contributed by atoms with Gasteiger partial charge < -0.3 is 14.4 Å². The van der Waals surface area contributed by atoms with Gasteiger partial charge in [-0.25, -0.2) is 4.79 Å². The van der Waals surface area contributed by atoms with Crippen LogP contribution >= 0.6 is 0 Å². The summed E-state index contributed by atoms with van der Waals surface area (Å²) in [6.07, 6.45) is 0. The predicted molar refractivity (Wildman–Crippen MR) is 105 cm³/mol. The number of ether oxygens (including phenoxy) is 2. The Morgan fingerprint density at radius 3 is 2.33 bits per heavy atom. The number of fused-ring (bicyclic) bond motifs is 3. The van der Waals surface area contributed by atoms with Gasteiger partial charge in [0.25, 0.3) is 0 Å². The lowest BCUT2D eigenvalue weighted by Gasteiger charge is -2.53. The van der Waals surface area contributed by atoms with Crippen LogP contribution in [-0.2, 0) is 19.1 Å². The van der Waals surface area contributed by atoms with Gasteiger partial charge in [-0.1, -0.05) is 39.0 Å². The number of carbonyl (C=O) groups excluding carboxylic acids is 2. The van der Waals surface area contributed by atoms with Gasteiger partial charge in [-0.05, 0) is 38.3 Å². The minimum atomic E-state index is -1.66. The highest BCUT2D eigenvalue weighted by atomic mass is 16.6. The number of Topliss-reactive ketones (excluding diaryl/α,β-unsaturated/α-hetero) is 1. The molecule has 5 heteroatoms. The second-order valence-corrected chi connectivity index (χ2v) is 9.42. The molecule has 3 rings (SSSR count). The van der Waals surface area contributed by atoms with Gasteiger partial charge in [-0.15, -0.1) is 0 Å². The number of rotatable bonds is 2. The van der Waals surface area contributed by atoms with Gasteiger partial charge in [0, 0.05) is 31.2 Å². The smallest absolute Gasteiger partial charge is 0.349 e. The highest BCUT2D eigenvalue weighted by Crippen LogP contribution is 2.58. The average molecular weight is 373 g/mol. The molecule has 1 aliphatic carbocycles. The number of benzene rings is 1. The minimum absolute atomic E-state index is 0.00799. The van der Waals surface area contributed by atoms with Crippen LogP contribution in [0.1, 0.15) is 53.0 Å². The molecule has 4 atom stereocenters. The maximum atomic E-state index is 13.7. The molecule has 148 valence electrons. The molecule has 0 saturated heterocycles. The molecule has 1 aromatic rings. The highest BCUT2D eigenvalue weighted by Gasteiger charge is 2.70. The molecule has 0 bridgehead atoms. The number of para-hydroxylation sites is 1. The van der Waals surface area contributed by atoms with E-state index in [2.05, 4.69) is 13.0 Å². The fourth-order valence-electron chi connectivity index (χ4n) is 4.85. The van der Waals surface area contributed by atoms with Crippen LogP contribution in [0.5, 0.6) is 0 Å². The molecule has 1 fully saturated rings. The van der Waals surface area contributed by atoms with Crippen LogP contribution in [0.3, 0.4) is 0 Å². The van der Waals surface area contributed by atoms with E-state index in [1.54, 1.807) is 20.8 Å². The maximum Gasteiger partial charge on any atom is 0.349 e. The molecule has 0 radical (unpaired) electrons. The third kappa shape index (κ3) is 2.62. The molecule has 0 N–H and O–H groups in total. The first-order valence-electron chi connectivity index (χ1n) is 9.55. The first-order chi connectivity index (χ1) is 12.4. The Hall–Kier alpha value is -1.88. The zero-order valence-electron chi connectivity index (χ0n) is 17.6. The van der Waals surface area contributed by atoms with Crippen molar-refractivity contribution < 1.29 is 19.1 Å². The number of hydrogen-bond donors (Lipinski definition) is 0. The minimum Gasteiger partial charge on any atom is -0.457 e. The standard InChI is InChI=1S/C22H31NO4/c1-13-16-14-11-9-10-12-15(14)23(7)17(16)22(26-8,18(24)21(13,5)6)19(25)27-20(2,3)4/h9-13,16-17H,1-8H3/t13?,16-,17+,22+/m0/s1. The van der Waals surface area contributed by atoms with Crippen LogP contribution in [0.4, 0.5) is 5.69 Å². The molecular formula is C22H31NO4. The van der Waals surface area contributed by atoms with E-state index >= 15 is 0 Å². The monoisotopic (exact) mass is 373 g/mol. The van der Waals surface area contributed by atoms with Crippen molar-refractivity contribution in [1.29, 1.82) is 0 Å². The Labute approximate surface area is 162 Å². The summed E-state index contributed by atoms with van der Waals surface area (Å²) in [5.74, 6) is -0.768. The van der Waals surface area contributed by atoms with E-state index in [-0.39, 0.29) is 17.6 Å². The molecule has 0 aromatic heterocycles. The summed E-state index contributed by atoms with van der Waals surface area (Å²) >= 11 is 0. The van der Waals surface area contributed by atoms with Crippen LogP contribution in [0.25, 0.3) is 0 Å². The summed E-state index contributed by atoms with van der Waals surface area (Å²) in [4.78, 5) is 29.2. The number of likely N-dealkylation sites (N-methyl/N-ethyl adjacent to an activating group) is 1. The van der Waals surface area contributed by atoms with Crippen LogP contribution in [-0.4, -0.2) is 43.2 Å². The summed E-state index contributed by atoms with van der Waals surface area (Å²) in [5, 5.41) is 0. The molecule has 1 heterocycles. The fraction of sp³-hybridized carbons (Fsp3) is 0.636. The van der Waals surface area contributed by atoms with Gasteiger partial charge in [0.05, 0.1) is 6.04 Å². The molecule has 1 unspecified atom stereocenters.